The Hall–Kier alpha value is -3.87. The molecule has 37 heavy (non-hydrogen) atoms. The molecule has 0 saturated carbocycles. The van der Waals surface area contributed by atoms with Crippen molar-refractivity contribution in [2.45, 2.75) is 13.8 Å². The first-order valence-corrected chi connectivity index (χ1v) is 12.3. The van der Waals surface area contributed by atoms with E-state index in [-0.39, 0.29) is 0 Å². The van der Waals surface area contributed by atoms with Crippen LogP contribution in [0.4, 0.5) is 0 Å². The molecule has 0 fully saturated rings. The lowest BCUT2D eigenvalue weighted by molar-refractivity contribution is -0.134. The Labute approximate surface area is 223 Å². The van der Waals surface area contributed by atoms with E-state index < -0.39 is 11.9 Å². The SMILES string of the molecule is CCN(CC)CCOc1ccc(/C(=C(\Cl)c2ccccc2)c2ccccc2)cc1.O=C(O)/C=C/C(=O)O. The third-order valence-corrected chi connectivity index (χ3v) is 5.80. The highest BCUT2D eigenvalue weighted by molar-refractivity contribution is 6.53. The molecule has 0 aromatic heterocycles. The zero-order chi connectivity index (χ0) is 27.0. The van der Waals surface area contributed by atoms with Gasteiger partial charge in [0.2, 0.25) is 0 Å². The first kappa shape index (κ1) is 29.4. The molecule has 6 nitrogen and oxygen atoms in total. The quantitative estimate of drug-likeness (QED) is 0.228. The van der Waals surface area contributed by atoms with Crippen LogP contribution in [0.5, 0.6) is 5.75 Å². The average molecular weight is 522 g/mol. The number of halogens is 1. The maximum absolute atomic E-state index is 9.55. The van der Waals surface area contributed by atoms with Crippen molar-refractivity contribution in [2.75, 3.05) is 26.2 Å². The van der Waals surface area contributed by atoms with Gasteiger partial charge in [0, 0.05) is 24.3 Å². The van der Waals surface area contributed by atoms with Crippen LogP contribution in [0, 0.1) is 0 Å². The van der Waals surface area contributed by atoms with Crippen LogP contribution in [0.15, 0.2) is 97.1 Å². The smallest absolute Gasteiger partial charge is 0.328 e. The molecule has 0 aliphatic carbocycles. The highest BCUT2D eigenvalue weighted by atomic mass is 35.5. The Bertz CT molecular complexity index is 1160. The minimum atomic E-state index is -1.26. The minimum absolute atomic E-state index is 0.558. The van der Waals surface area contributed by atoms with Crippen molar-refractivity contribution in [3.05, 3.63) is 114 Å². The summed E-state index contributed by atoms with van der Waals surface area (Å²) >= 11 is 6.87. The fourth-order valence-electron chi connectivity index (χ4n) is 3.45. The van der Waals surface area contributed by atoms with Gasteiger partial charge in [-0.25, -0.2) is 9.59 Å². The van der Waals surface area contributed by atoms with E-state index in [1.54, 1.807) is 0 Å². The number of carbonyl (C=O) groups is 2. The van der Waals surface area contributed by atoms with Crippen molar-refractivity contribution in [3.8, 4) is 5.75 Å². The molecule has 0 saturated heterocycles. The fraction of sp³-hybridized carbons (Fsp3) is 0.200. The van der Waals surface area contributed by atoms with Crippen LogP contribution in [-0.4, -0.2) is 53.3 Å². The number of carboxylic acids is 2. The van der Waals surface area contributed by atoms with Gasteiger partial charge in [-0.15, -0.1) is 0 Å². The molecule has 3 aromatic carbocycles. The number of ether oxygens (including phenoxy) is 1. The van der Waals surface area contributed by atoms with Gasteiger partial charge in [0.05, 0.1) is 5.03 Å². The molecule has 0 bridgehead atoms. The van der Waals surface area contributed by atoms with Crippen LogP contribution in [0.25, 0.3) is 10.6 Å². The molecule has 0 heterocycles. The highest BCUT2D eigenvalue weighted by Crippen LogP contribution is 2.35. The maximum atomic E-state index is 9.55. The first-order chi connectivity index (χ1) is 17.8. The summed E-state index contributed by atoms with van der Waals surface area (Å²) in [7, 11) is 0. The number of aliphatic carboxylic acids is 2. The summed E-state index contributed by atoms with van der Waals surface area (Å²) in [6.07, 6.45) is 1.12. The van der Waals surface area contributed by atoms with Gasteiger partial charge in [0.15, 0.2) is 0 Å². The Balaban J connectivity index is 0.000000521. The number of likely N-dealkylation sites (N-methyl/N-ethyl adjacent to an activating group) is 1. The van der Waals surface area contributed by atoms with E-state index in [0.717, 1.165) is 52.7 Å². The molecular formula is C30H32ClNO5. The summed E-state index contributed by atoms with van der Waals surface area (Å²) in [5.74, 6) is -1.64. The van der Waals surface area contributed by atoms with Gasteiger partial charge in [-0.05, 0) is 41.9 Å². The van der Waals surface area contributed by atoms with E-state index >= 15 is 0 Å². The second-order valence-corrected chi connectivity index (χ2v) is 8.21. The summed E-state index contributed by atoms with van der Waals surface area (Å²) in [6.45, 7) is 8.05. The van der Waals surface area contributed by atoms with Crippen molar-refractivity contribution < 1.29 is 24.5 Å². The standard InChI is InChI=1S/C26H28ClNO.C4H4O4/c1-3-28(4-2)19-20-29-24-17-15-22(16-18-24)25(21-11-7-5-8-12-21)26(27)23-13-9-6-10-14-23;5-3(6)1-2-4(7)8/h5-18H,3-4,19-20H2,1-2H3;1-2H,(H,5,6)(H,7,8)/b26-25-;2-1+. The lowest BCUT2D eigenvalue weighted by atomic mass is 9.95. The molecule has 7 heteroatoms. The normalized spacial score (nSPS) is 11.5. The van der Waals surface area contributed by atoms with Crippen LogP contribution in [0.1, 0.15) is 30.5 Å². The van der Waals surface area contributed by atoms with E-state index in [1.807, 2.05) is 60.7 Å². The Kier molecular flexibility index (Phi) is 12.7. The van der Waals surface area contributed by atoms with Crippen molar-refractivity contribution in [1.29, 1.82) is 0 Å². The molecular weight excluding hydrogens is 490 g/mol. The van der Waals surface area contributed by atoms with Gasteiger partial charge >= 0.3 is 11.9 Å². The summed E-state index contributed by atoms with van der Waals surface area (Å²) in [5.41, 5.74) is 4.19. The van der Waals surface area contributed by atoms with E-state index in [1.165, 1.54) is 0 Å². The van der Waals surface area contributed by atoms with Gasteiger partial charge < -0.3 is 19.8 Å². The largest absolute Gasteiger partial charge is 0.492 e. The highest BCUT2D eigenvalue weighted by Gasteiger charge is 2.12. The fourth-order valence-corrected chi connectivity index (χ4v) is 3.79. The van der Waals surface area contributed by atoms with E-state index in [4.69, 9.17) is 26.6 Å². The third kappa shape index (κ3) is 10.3. The number of hydrogen-bond donors (Lipinski definition) is 2. The first-order valence-electron chi connectivity index (χ1n) is 12.0. The van der Waals surface area contributed by atoms with Crippen molar-refractivity contribution in [3.63, 3.8) is 0 Å². The number of hydrogen-bond acceptors (Lipinski definition) is 4. The minimum Gasteiger partial charge on any atom is -0.492 e. The Morgan fingerprint density at radius 3 is 1.68 bits per heavy atom. The topological polar surface area (TPSA) is 87.1 Å². The lowest BCUT2D eigenvalue weighted by Crippen LogP contribution is -2.27. The second-order valence-electron chi connectivity index (χ2n) is 7.83. The molecule has 0 atom stereocenters. The van der Waals surface area contributed by atoms with E-state index in [2.05, 4.69) is 43.0 Å². The number of rotatable bonds is 11. The van der Waals surface area contributed by atoms with Gasteiger partial charge in [-0.3, -0.25) is 0 Å². The van der Waals surface area contributed by atoms with Gasteiger partial charge in [-0.1, -0.05) is 98.2 Å². The Morgan fingerprint density at radius 1 is 0.757 bits per heavy atom. The average Bonchev–Trinajstić information content (AvgIpc) is 2.92. The number of benzene rings is 3. The van der Waals surface area contributed by atoms with Gasteiger partial charge in [0.25, 0.3) is 0 Å². The van der Waals surface area contributed by atoms with Crippen LogP contribution in [-0.2, 0) is 9.59 Å². The Morgan fingerprint density at radius 2 is 1.22 bits per heavy atom. The second kappa shape index (κ2) is 16.0. The monoisotopic (exact) mass is 521 g/mol. The molecule has 0 aliphatic heterocycles. The zero-order valence-corrected chi connectivity index (χ0v) is 21.8. The molecule has 0 unspecified atom stereocenters. The summed E-state index contributed by atoms with van der Waals surface area (Å²) in [5, 5.41) is 16.4. The third-order valence-electron chi connectivity index (χ3n) is 5.39. The molecule has 3 rings (SSSR count). The zero-order valence-electron chi connectivity index (χ0n) is 21.0. The number of nitrogens with zero attached hydrogens (tertiary/aromatic N) is 1. The van der Waals surface area contributed by atoms with Crippen molar-refractivity contribution in [2.24, 2.45) is 0 Å². The predicted octanol–water partition coefficient (Wildman–Crippen LogP) is 6.27. The van der Waals surface area contributed by atoms with Crippen molar-refractivity contribution >= 4 is 34.1 Å². The molecule has 0 amide bonds. The lowest BCUT2D eigenvalue weighted by Gasteiger charge is -2.18. The summed E-state index contributed by atoms with van der Waals surface area (Å²) < 4.78 is 5.94. The maximum Gasteiger partial charge on any atom is 0.328 e. The van der Waals surface area contributed by atoms with Crippen LogP contribution >= 0.6 is 11.6 Å². The summed E-state index contributed by atoms with van der Waals surface area (Å²) in [4.78, 5) is 21.5. The molecule has 0 aliphatic rings. The predicted molar refractivity (Wildman–Crippen MR) is 149 cm³/mol. The van der Waals surface area contributed by atoms with Crippen LogP contribution < -0.4 is 4.74 Å². The summed E-state index contributed by atoms with van der Waals surface area (Å²) in [6, 6.07) is 28.6. The van der Waals surface area contributed by atoms with Crippen LogP contribution in [0.3, 0.4) is 0 Å². The van der Waals surface area contributed by atoms with Gasteiger partial charge in [-0.2, -0.15) is 0 Å². The van der Waals surface area contributed by atoms with Gasteiger partial charge in [0.1, 0.15) is 12.4 Å². The molecule has 194 valence electrons. The van der Waals surface area contributed by atoms with Crippen LogP contribution in [0.2, 0.25) is 0 Å². The molecule has 3 aromatic rings. The molecule has 0 spiro atoms. The van der Waals surface area contributed by atoms with E-state index in [0.29, 0.717) is 18.8 Å². The van der Waals surface area contributed by atoms with E-state index in [9.17, 15) is 9.59 Å². The molecule has 0 radical (unpaired) electrons. The van der Waals surface area contributed by atoms with Crippen molar-refractivity contribution in [1.82, 2.24) is 4.90 Å². The molecule has 2 N–H and O–H groups in total. The number of carboxylic acid groups (broad SMARTS) is 2.